The van der Waals surface area contributed by atoms with E-state index in [0.717, 1.165) is 12.8 Å². The zero-order chi connectivity index (χ0) is 10.6. The van der Waals surface area contributed by atoms with Crippen LogP contribution < -0.4 is 5.73 Å². The third-order valence-corrected chi connectivity index (χ3v) is 2.70. The third-order valence-electron chi connectivity index (χ3n) is 2.06. The predicted octanol–water partition coefficient (Wildman–Crippen LogP) is 2.58. The highest BCUT2D eigenvalue weighted by molar-refractivity contribution is 9.10. The van der Waals surface area contributed by atoms with Gasteiger partial charge < -0.3 is 10.8 Å². The first kappa shape index (κ1) is 11.5. The van der Waals surface area contributed by atoms with Crippen molar-refractivity contribution in [2.24, 2.45) is 5.73 Å². The highest BCUT2D eigenvalue weighted by Crippen LogP contribution is 2.30. The average Bonchev–Trinajstić information content (AvgIpc) is 2.18. The molecule has 0 fully saturated rings. The number of phenolic OH excluding ortho intramolecular Hbond substituents is 1. The second kappa shape index (κ2) is 5.32. The highest BCUT2D eigenvalue weighted by Gasteiger charge is 2.10. The monoisotopic (exact) mass is 261 g/mol. The van der Waals surface area contributed by atoms with Crippen molar-refractivity contribution in [3.8, 4) is 5.75 Å². The van der Waals surface area contributed by atoms with Gasteiger partial charge in [0.1, 0.15) is 11.6 Å². The molecule has 3 N–H and O–H groups in total. The van der Waals surface area contributed by atoms with Crippen LogP contribution in [0.15, 0.2) is 16.6 Å². The molecule has 78 valence electrons. The molecule has 4 heteroatoms. The molecule has 0 aliphatic carbocycles. The molecule has 0 spiro atoms. The molecule has 0 saturated heterocycles. The van der Waals surface area contributed by atoms with Crippen molar-refractivity contribution >= 4 is 15.9 Å². The Kier molecular flexibility index (Phi) is 4.35. The number of benzene rings is 1. The van der Waals surface area contributed by atoms with Crippen LogP contribution in [0.2, 0.25) is 0 Å². The number of hydrogen-bond donors (Lipinski definition) is 2. The van der Waals surface area contributed by atoms with Crippen molar-refractivity contribution in [2.45, 2.75) is 19.3 Å². The maximum atomic E-state index is 13.2. The van der Waals surface area contributed by atoms with E-state index >= 15 is 0 Å². The van der Waals surface area contributed by atoms with E-state index < -0.39 is 0 Å². The van der Waals surface area contributed by atoms with E-state index in [4.69, 9.17) is 5.73 Å². The van der Waals surface area contributed by atoms with E-state index in [2.05, 4.69) is 15.9 Å². The van der Waals surface area contributed by atoms with Crippen molar-refractivity contribution in [3.63, 3.8) is 0 Å². The van der Waals surface area contributed by atoms with Crippen LogP contribution in [0, 0.1) is 5.82 Å². The van der Waals surface area contributed by atoms with Crippen molar-refractivity contribution < 1.29 is 9.50 Å². The molecule has 0 unspecified atom stereocenters. The summed E-state index contributed by atoms with van der Waals surface area (Å²) >= 11 is 3.15. The Balaban J connectivity index is 2.79. The van der Waals surface area contributed by atoms with Crippen molar-refractivity contribution in [2.75, 3.05) is 6.54 Å². The quantitative estimate of drug-likeness (QED) is 0.819. The number of aromatic hydroxyl groups is 1. The second-order valence-corrected chi connectivity index (χ2v) is 3.96. The number of nitrogens with two attached hydrogens (primary N) is 1. The Morgan fingerprint density at radius 1 is 1.36 bits per heavy atom. The maximum Gasteiger partial charge on any atom is 0.135 e. The molecule has 1 aromatic rings. The Morgan fingerprint density at radius 2 is 2.07 bits per heavy atom. The van der Waals surface area contributed by atoms with Crippen LogP contribution in [0.3, 0.4) is 0 Å². The summed E-state index contributed by atoms with van der Waals surface area (Å²) in [6.07, 6.45) is 2.15. The van der Waals surface area contributed by atoms with Crippen LogP contribution in [-0.4, -0.2) is 11.7 Å². The lowest BCUT2D eigenvalue weighted by atomic mass is 10.1. The molecule has 0 aliphatic heterocycles. The fourth-order valence-corrected chi connectivity index (χ4v) is 1.64. The summed E-state index contributed by atoms with van der Waals surface area (Å²) in [5.41, 5.74) is 5.70. The molecular formula is C10H13BrFNO. The van der Waals surface area contributed by atoms with Gasteiger partial charge in [-0.15, -0.1) is 0 Å². The van der Waals surface area contributed by atoms with Gasteiger partial charge in [-0.1, -0.05) is 0 Å². The van der Waals surface area contributed by atoms with Gasteiger partial charge in [0.15, 0.2) is 0 Å². The first-order chi connectivity index (χ1) is 6.66. The van der Waals surface area contributed by atoms with E-state index in [1.54, 1.807) is 0 Å². The van der Waals surface area contributed by atoms with Crippen molar-refractivity contribution in [1.29, 1.82) is 0 Å². The lowest BCUT2D eigenvalue weighted by Gasteiger charge is -2.06. The normalized spacial score (nSPS) is 10.5. The Morgan fingerprint density at radius 3 is 2.71 bits per heavy atom. The molecular weight excluding hydrogens is 249 g/mol. The maximum absolute atomic E-state index is 13.2. The van der Waals surface area contributed by atoms with Gasteiger partial charge in [0.25, 0.3) is 0 Å². The minimum Gasteiger partial charge on any atom is -0.506 e. The smallest absolute Gasteiger partial charge is 0.135 e. The Hall–Kier alpha value is -0.610. The molecule has 2 nitrogen and oxygen atoms in total. The van der Waals surface area contributed by atoms with Gasteiger partial charge in [-0.25, -0.2) is 4.39 Å². The summed E-state index contributed by atoms with van der Waals surface area (Å²) < 4.78 is 13.8. The SMILES string of the molecule is NCCCCc1c(F)ccc(Br)c1O. The topological polar surface area (TPSA) is 46.2 Å². The van der Waals surface area contributed by atoms with E-state index in [1.807, 2.05) is 0 Å². The molecule has 0 atom stereocenters. The fraction of sp³-hybridized carbons (Fsp3) is 0.400. The second-order valence-electron chi connectivity index (χ2n) is 3.10. The number of hydrogen-bond acceptors (Lipinski definition) is 2. The molecule has 0 aromatic heterocycles. The summed E-state index contributed by atoms with van der Waals surface area (Å²) in [5.74, 6) is -0.357. The molecule has 0 bridgehead atoms. The molecule has 0 amide bonds. The van der Waals surface area contributed by atoms with Gasteiger partial charge in [0.2, 0.25) is 0 Å². The summed E-state index contributed by atoms with van der Waals surface area (Å²) in [6.45, 7) is 0.594. The molecule has 0 radical (unpaired) electrons. The van der Waals surface area contributed by atoms with E-state index in [9.17, 15) is 9.50 Å². The lowest BCUT2D eigenvalue weighted by Crippen LogP contribution is -2.00. The van der Waals surface area contributed by atoms with Gasteiger partial charge in [-0.05, 0) is 53.9 Å². The van der Waals surface area contributed by atoms with Gasteiger partial charge in [0, 0.05) is 5.56 Å². The highest BCUT2D eigenvalue weighted by atomic mass is 79.9. The summed E-state index contributed by atoms with van der Waals surface area (Å²) in [4.78, 5) is 0. The van der Waals surface area contributed by atoms with Gasteiger partial charge in [-0.2, -0.15) is 0 Å². The summed E-state index contributed by atoms with van der Waals surface area (Å²) in [5, 5.41) is 9.56. The van der Waals surface area contributed by atoms with Crippen molar-refractivity contribution in [1.82, 2.24) is 0 Å². The number of halogens is 2. The minimum absolute atomic E-state index is 0.00187. The largest absolute Gasteiger partial charge is 0.506 e. The minimum atomic E-state index is -0.359. The molecule has 0 aliphatic rings. The predicted molar refractivity (Wildman–Crippen MR) is 57.8 cm³/mol. The van der Waals surface area contributed by atoms with Gasteiger partial charge in [-0.3, -0.25) is 0 Å². The average molecular weight is 262 g/mol. The number of rotatable bonds is 4. The van der Waals surface area contributed by atoms with Crippen LogP contribution >= 0.6 is 15.9 Å². The zero-order valence-corrected chi connectivity index (χ0v) is 9.35. The fourth-order valence-electron chi connectivity index (χ4n) is 1.27. The van der Waals surface area contributed by atoms with Crippen LogP contribution in [-0.2, 0) is 6.42 Å². The van der Waals surface area contributed by atoms with E-state index in [0.29, 0.717) is 23.0 Å². The van der Waals surface area contributed by atoms with Crippen molar-refractivity contribution in [3.05, 3.63) is 28.0 Å². The van der Waals surface area contributed by atoms with Crippen LogP contribution in [0.4, 0.5) is 4.39 Å². The zero-order valence-electron chi connectivity index (χ0n) is 7.76. The third kappa shape index (κ3) is 2.69. The van der Waals surface area contributed by atoms with Crippen LogP contribution in [0.5, 0.6) is 5.75 Å². The van der Waals surface area contributed by atoms with Gasteiger partial charge >= 0.3 is 0 Å². The molecule has 14 heavy (non-hydrogen) atoms. The first-order valence-corrected chi connectivity index (χ1v) is 5.32. The summed E-state index contributed by atoms with van der Waals surface area (Å²) in [7, 11) is 0. The number of unbranched alkanes of at least 4 members (excludes halogenated alkanes) is 1. The van der Waals surface area contributed by atoms with Gasteiger partial charge in [0.05, 0.1) is 4.47 Å². The Bertz CT molecular complexity index is 317. The molecule has 0 heterocycles. The first-order valence-electron chi connectivity index (χ1n) is 4.52. The Labute approximate surface area is 91.1 Å². The molecule has 1 rings (SSSR count). The van der Waals surface area contributed by atoms with E-state index in [1.165, 1.54) is 12.1 Å². The van der Waals surface area contributed by atoms with Crippen LogP contribution in [0.1, 0.15) is 18.4 Å². The summed E-state index contributed by atoms with van der Waals surface area (Å²) in [6, 6.07) is 2.85. The lowest BCUT2D eigenvalue weighted by molar-refractivity contribution is 0.453. The molecule has 1 aromatic carbocycles. The standard InChI is InChI=1S/C10H13BrFNO/c11-8-4-5-9(12)7(10(8)14)3-1-2-6-13/h4-5,14H,1-3,6,13H2. The molecule has 0 saturated carbocycles. The number of phenols is 1. The van der Waals surface area contributed by atoms with E-state index in [-0.39, 0.29) is 11.6 Å². The van der Waals surface area contributed by atoms with Crippen LogP contribution in [0.25, 0.3) is 0 Å².